The highest BCUT2D eigenvalue weighted by Gasteiger charge is 2.27. The van der Waals surface area contributed by atoms with E-state index >= 15 is 0 Å². The molecule has 0 fully saturated rings. The summed E-state index contributed by atoms with van der Waals surface area (Å²) in [6.07, 6.45) is 2.61. The molecule has 3 rings (SSSR count). The number of hydrogen-bond acceptors (Lipinski definition) is 7. The number of carbonyl (C=O) groups is 4. The van der Waals surface area contributed by atoms with Crippen LogP contribution < -0.4 is 10.6 Å². The Morgan fingerprint density at radius 3 is 2.21 bits per heavy atom. The molecule has 0 saturated carbocycles. The topological polar surface area (TPSA) is 111 Å². The minimum absolute atomic E-state index is 0.301. The summed E-state index contributed by atoms with van der Waals surface area (Å²) in [6, 6.07) is 5.99. The van der Waals surface area contributed by atoms with Crippen molar-refractivity contribution in [3.8, 4) is 0 Å². The number of rotatable bonds is 4. The second-order valence-electron chi connectivity index (χ2n) is 6.38. The van der Waals surface area contributed by atoms with Gasteiger partial charge in [-0.05, 0) is 55.5 Å². The van der Waals surface area contributed by atoms with Crippen LogP contribution in [-0.4, -0.2) is 38.1 Å². The van der Waals surface area contributed by atoms with Crippen LogP contribution in [-0.2, 0) is 22.3 Å². The predicted molar refractivity (Wildman–Crippen MR) is 107 cm³/mol. The van der Waals surface area contributed by atoms with E-state index in [-0.39, 0.29) is 0 Å². The molecule has 0 bridgehead atoms. The standard InChI is InChI=1S/C20H20N2O6S/c1-27-19(25)12-9-7-11(8-10-12)16(23)21-18-15(17(24)22-20(26)28-2)13-5-3-4-6-14(13)29-18/h7-10H,3-6H2,1-2H3,(H,21,23)(H,22,24,26). The van der Waals surface area contributed by atoms with E-state index in [0.717, 1.165) is 29.7 Å². The van der Waals surface area contributed by atoms with Gasteiger partial charge in [-0.25, -0.2) is 9.59 Å². The first-order valence-corrected chi connectivity index (χ1v) is 9.79. The minimum Gasteiger partial charge on any atom is -0.465 e. The van der Waals surface area contributed by atoms with Gasteiger partial charge in [0.2, 0.25) is 0 Å². The van der Waals surface area contributed by atoms with Crippen molar-refractivity contribution in [1.82, 2.24) is 5.32 Å². The van der Waals surface area contributed by atoms with Crippen LogP contribution in [0.3, 0.4) is 0 Å². The average molecular weight is 416 g/mol. The number of aryl methyl sites for hydroxylation is 1. The Kier molecular flexibility index (Phi) is 6.28. The van der Waals surface area contributed by atoms with Gasteiger partial charge in [0.25, 0.3) is 11.8 Å². The molecule has 9 heteroatoms. The number of anilines is 1. The molecule has 0 atom stereocenters. The van der Waals surface area contributed by atoms with Crippen LogP contribution in [0.25, 0.3) is 0 Å². The summed E-state index contributed by atoms with van der Waals surface area (Å²) < 4.78 is 9.14. The number of hydrogen-bond donors (Lipinski definition) is 2. The number of thiophene rings is 1. The second kappa shape index (κ2) is 8.87. The number of imide groups is 1. The second-order valence-corrected chi connectivity index (χ2v) is 7.49. The largest absolute Gasteiger partial charge is 0.465 e. The number of nitrogens with one attached hydrogen (secondary N) is 2. The summed E-state index contributed by atoms with van der Waals surface area (Å²) >= 11 is 1.34. The van der Waals surface area contributed by atoms with Crippen molar-refractivity contribution in [2.24, 2.45) is 0 Å². The van der Waals surface area contributed by atoms with Crippen LogP contribution in [0, 0.1) is 0 Å². The molecule has 0 saturated heterocycles. The molecule has 0 spiro atoms. The zero-order chi connectivity index (χ0) is 21.0. The molecule has 1 aromatic carbocycles. The lowest BCUT2D eigenvalue weighted by Crippen LogP contribution is -2.31. The molecule has 29 heavy (non-hydrogen) atoms. The van der Waals surface area contributed by atoms with Gasteiger partial charge in [-0.1, -0.05) is 0 Å². The van der Waals surface area contributed by atoms with Crippen molar-refractivity contribution < 1.29 is 28.7 Å². The Labute approximate surface area is 171 Å². The molecule has 0 aliphatic heterocycles. The molecule has 8 nitrogen and oxygen atoms in total. The Morgan fingerprint density at radius 1 is 0.897 bits per heavy atom. The van der Waals surface area contributed by atoms with E-state index in [1.807, 2.05) is 0 Å². The number of esters is 1. The first-order chi connectivity index (χ1) is 13.9. The van der Waals surface area contributed by atoms with Gasteiger partial charge in [0.05, 0.1) is 25.3 Å². The number of amides is 3. The van der Waals surface area contributed by atoms with Crippen LogP contribution >= 0.6 is 11.3 Å². The van der Waals surface area contributed by atoms with Crippen molar-refractivity contribution in [1.29, 1.82) is 0 Å². The first kappa shape index (κ1) is 20.5. The predicted octanol–water partition coefficient (Wildman–Crippen LogP) is 3.16. The summed E-state index contributed by atoms with van der Waals surface area (Å²) in [7, 11) is 2.45. The summed E-state index contributed by atoms with van der Waals surface area (Å²) in [5.74, 6) is -1.52. The minimum atomic E-state index is -0.860. The van der Waals surface area contributed by atoms with Crippen LogP contribution in [0.5, 0.6) is 0 Å². The van der Waals surface area contributed by atoms with Crippen molar-refractivity contribution in [2.45, 2.75) is 25.7 Å². The molecular formula is C20H20N2O6S. The quantitative estimate of drug-likeness (QED) is 0.741. The third-order valence-electron chi connectivity index (χ3n) is 4.59. The number of benzene rings is 1. The Hall–Kier alpha value is -3.20. The van der Waals surface area contributed by atoms with E-state index in [1.165, 1.54) is 49.8 Å². The fraction of sp³-hybridized carbons (Fsp3) is 0.300. The van der Waals surface area contributed by atoms with E-state index in [4.69, 9.17) is 0 Å². The molecule has 1 aliphatic rings. The summed E-state index contributed by atoms with van der Waals surface area (Å²) in [4.78, 5) is 49.4. The van der Waals surface area contributed by atoms with Crippen LogP contribution in [0.4, 0.5) is 9.80 Å². The molecule has 0 unspecified atom stereocenters. The molecule has 152 valence electrons. The number of alkyl carbamates (subject to hydrolysis) is 1. The smallest absolute Gasteiger partial charge is 0.413 e. The molecule has 2 N–H and O–H groups in total. The van der Waals surface area contributed by atoms with E-state index in [1.54, 1.807) is 0 Å². The zero-order valence-corrected chi connectivity index (χ0v) is 16.8. The van der Waals surface area contributed by atoms with Crippen LogP contribution in [0.1, 0.15) is 54.4 Å². The summed E-state index contributed by atoms with van der Waals surface area (Å²) in [6.45, 7) is 0. The molecule has 1 heterocycles. The maximum absolute atomic E-state index is 12.7. The SMILES string of the molecule is COC(=O)NC(=O)c1c(NC(=O)c2ccc(C(=O)OC)cc2)sc2c1CCCC2. The van der Waals surface area contributed by atoms with Gasteiger partial charge in [0.1, 0.15) is 5.00 Å². The molecule has 1 aliphatic carbocycles. The average Bonchev–Trinajstić information content (AvgIpc) is 3.10. The highest BCUT2D eigenvalue weighted by Crippen LogP contribution is 2.38. The van der Waals surface area contributed by atoms with Crippen molar-refractivity contribution in [3.05, 3.63) is 51.4 Å². The van der Waals surface area contributed by atoms with E-state index in [9.17, 15) is 19.2 Å². The van der Waals surface area contributed by atoms with Gasteiger partial charge < -0.3 is 14.8 Å². The van der Waals surface area contributed by atoms with Gasteiger partial charge >= 0.3 is 12.1 Å². The lowest BCUT2D eigenvalue weighted by Gasteiger charge is -2.12. The lowest BCUT2D eigenvalue weighted by molar-refractivity contribution is 0.0600. The van der Waals surface area contributed by atoms with Gasteiger partial charge in [-0.3, -0.25) is 14.9 Å². The third-order valence-corrected chi connectivity index (χ3v) is 5.80. The molecule has 0 radical (unpaired) electrons. The van der Waals surface area contributed by atoms with Gasteiger partial charge in [0, 0.05) is 10.4 Å². The highest BCUT2D eigenvalue weighted by molar-refractivity contribution is 7.17. The number of ether oxygens (including phenoxy) is 2. The van der Waals surface area contributed by atoms with Crippen molar-refractivity contribution >= 4 is 40.2 Å². The fourth-order valence-corrected chi connectivity index (χ4v) is 4.43. The molecule has 1 aromatic heterocycles. The zero-order valence-electron chi connectivity index (χ0n) is 16.0. The van der Waals surface area contributed by atoms with Crippen molar-refractivity contribution in [3.63, 3.8) is 0 Å². The lowest BCUT2D eigenvalue weighted by atomic mass is 9.95. The van der Waals surface area contributed by atoms with Gasteiger partial charge in [-0.2, -0.15) is 0 Å². The Balaban J connectivity index is 1.87. The van der Waals surface area contributed by atoms with Crippen LogP contribution in [0.15, 0.2) is 24.3 Å². The number of methoxy groups -OCH3 is 2. The molecule has 3 amide bonds. The van der Waals surface area contributed by atoms with Crippen LogP contribution in [0.2, 0.25) is 0 Å². The molecular weight excluding hydrogens is 396 g/mol. The maximum Gasteiger partial charge on any atom is 0.413 e. The summed E-state index contributed by atoms with van der Waals surface area (Å²) in [5, 5.41) is 5.32. The highest BCUT2D eigenvalue weighted by atomic mass is 32.1. The Bertz CT molecular complexity index is 964. The number of carbonyl (C=O) groups excluding carboxylic acids is 4. The van der Waals surface area contributed by atoms with Crippen molar-refractivity contribution in [2.75, 3.05) is 19.5 Å². The van der Waals surface area contributed by atoms with E-state index in [2.05, 4.69) is 20.1 Å². The van der Waals surface area contributed by atoms with E-state index < -0.39 is 23.9 Å². The fourth-order valence-electron chi connectivity index (χ4n) is 3.15. The normalized spacial score (nSPS) is 12.5. The van der Waals surface area contributed by atoms with Gasteiger partial charge in [0.15, 0.2) is 0 Å². The third kappa shape index (κ3) is 4.45. The number of fused-ring (bicyclic) bond motifs is 1. The van der Waals surface area contributed by atoms with Gasteiger partial charge in [-0.15, -0.1) is 11.3 Å². The maximum atomic E-state index is 12.7. The molecule has 2 aromatic rings. The monoisotopic (exact) mass is 416 g/mol. The Morgan fingerprint density at radius 2 is 1.55 bits per heavy atom. The summed E-state index contributed by atoms with van der Waals surface area (Å²) in [5.41, 5.74) is 1.81. The first-order valence-electron chi connectivity index (χ1n) is 8.98. The van der Waals surface area contributed by atoms with E-state index in [0.29, 0.717) is 28.1 Å².